The number of hydrogen-bond acceptors (Lipinski definition) is 3. The molecule has 1 atom stereocenters. The summed E-state index contributed by atoms with van der Waals surface area (Å²) >= 11 is 3.18. The summed E-state index contributed by atoms with van der Waals surface area (Å²) in [6, 6.07) is 1.45. The van der Waals surface area contributed by atoms with E-state index in [0.717, 1.165) is 6.42 Å². The summed E-state index contributed by atoms with van der Waals surface area (Å²) in [6.45, 7) is 3.75. The van der Waals surface area contributed by atoms with Gasteiger partial charge in [0.25, 0.3) is 0 Å². The molecule has 0 saturated heterocycles. The average molecular weight is 293 g/mol. The zero-order valence-corrected chi connectivity index (χ0v) is 11.0. The van der Waals surface area contributed by atoms with Gasteiger partial charge in [0.15, 0.2) is 0 Å². The van der Waals surface area contributed by atoms with Crippen LogP contribution in [0.1, 0.15) is 20.3 Å². The summed E-state index contributed by atoms with van der Waals surface area (Å²) in [7, 11) is -3.44. The van der Waals surface area contributed by atoms with Gasteiger partial charge in [0, 0.05) is 22.9 Å². The maximum atomic E-state index is 11.8. The molecule has 84 valence electrons. The number of rotatable bonds is 4. The van der Waals surface area contributed by atoms with Crippen LogP contribution in [0.4, 0.5) is 0 Å². The normalized spacial score (nSPS) is 13.8. The summed E-state index contributed by atoms with van der Waals surface area (Å²) in [5.41, 5.74) is 0. The van der Waals surface area contributed by atoms with Crippen molar-refractivity contribution < 1.29 is 8.42 Å². The first-order valence-corrected chi connectivity index (χ1v) is 6.86. The van der Waals surface area contributed by atoms with Crippen LogP contribution in [-0.4, -0.2) is 19.4 Å². The lowest BCUT2D eigenvalue weighted by Crippen LogP contribution is -2.32. The smallest absolute Gasteiger partial charge is 0.242 e. The number of aromatic nitrogens is 1. The lowest BCUT2D eigenvalue weighted by atomic mass is 10.3. The van der Waals surface area contributed by atoms with Crippen LogP contribution >= 0.6 is 15.9 Å². The van der Waals surface area contributed by atoms with Gasteiger partial charge in [-0.1, -0.05) is 6.92 Å². The lowest BCUT2D eigenvalue weighted by molar-refractivity contribution is 0.555. The number of halogens is 1. The van der Waals surface area contributed by atoms with E-state index in [2.05, 4.69) is 25.6 Å². The highest BCUT2D eigenvalue weighted by molar-refractivity contribution is 9.10. The minimum Gasteiger partial charge on any atom is -0.262 e. The molecule has 0 amide bonds. The van der Waals surface area contributed by atoms with Crippen LogP contribution in [0.2, 0.25) is 0 Å². The first-order chi connectivity index (χ1) is 6.95. The van der Waals surface area contributed by atoms with Crippen LogP contribution < -0.4 is 4.72 Å². The molecule has 0 unspecified atom stereocenters. The fourth-order valence-electron chi connectivity index (χ4n) is 0.956. The van der Waals surface area contributed by atoms with Crippen LogP contribution in [0.15, 0.2) is 27.8 Å². The van der Waals surface area contributed by atoms with E-state index in [1.54, 1.807) is 6.20 Å². The molecule has 0 fully saturated rings. The second kappa shape index (κ2) is 5.05. The Balaban J connectivity index is 2.96. The predicted octanol–water partition coefficient (Wildman–Crippen LogP) is 1.92. The Morgan fingerprint density at radius 3 is 2.73 bits per heavy atom. The lowest BCUT2D eigenvalue weighted by Gasteiger charge is -2.11. The van der Waals surface area contributed by atoms with Crippen LogP contribution in [-0.2, 0) is 10.0 Å². The molecule has 6 heteroatoms. The fourth-order valence-corrected chi connectivity index (χ4v) is 2.79. The highest BCUT2D eigenvalue weighted by Crippen LogP contribution is 2.14. The Bertz CT molecular complexity index is 433. The summed E-state index contributed by atoms with van der Waals surface area (Å²) in [5.74, 6) is 0. The topological polar surface area (TPSA) is 59.1 Å². The summed E-state index contributed by atoms with van der Waals surface area (Å²) < 4.78 is 26.8. The van der Waals surface area contributed by atoms with Crippen molar-refractivity contribution in [1.82, 2.24) is 9.71 Å². The monoisotopic (exact) mass is 292 g/mol. The third kappa shape index (κ3) is 3.55. The van der Waals surface area contributed by atoms with Gasteiger partial charge in [0.2, 0.25) is 10.0 Å². The molecule has 1 aromatic rings. The molecule has 4 nitrogen and oxygen atoms in total. The SMILES string of the molecule is CC[C@H](C)NS(=O)(=O)c1cncc(Br)c1. The minimum atomic E-state index is -3.44. The van der Waals surface area contributed by atoms with Crippen molar-refractivity contribution in [3.8, 4) is 0 Å². The number of nitrogens with zero attached hydrogens (tertiary/aromatic N) is 1. The Kier molecular flexibility index (Phi) is 4.24. The average Bonchev–Trinajstić information content (AvgIpc) is 2.17. The van der Waals surface area contributed by atoms with E-state index in [1.807, 2.05) is 13.8 Å². The van der Waals surface area contributed by atoms with E-state index in [9.17, 15) is 8.42 Å². The molecule has 0 spiro atoms. The van der Waals surface area contributed by atoms with E-state index in [4.69, 9.17) is 0 Å². The number of hydrogen-bond donors (Lipinski definition) is 1. The minimum absolute atomic E-state index is 0.0750. The van der Waals surface area contributed by atoms with Crippen molar-refractivity contribution in [2.75, 3.05) is 0 Å². The molecule has 0 aromatic carbocycles. The van der Waals surface area contributed by atoms with Crippen LogP contribution in [0.3, 0.4) is 0 Å². The van der Waals surface area contributed by atoms with Crippen molar-refractivity contribution in [2.24, 2.45) is 0 Å². The third-order valence-electron chi connectivity index (χ3n) is 1.96. The maximum absolute atomic E-state index is 11.8. The van der Waals surface area contributed by atoms with Crippen LogP contribution in [0, 0.1) is 0 Å². The van der Waals surface area contributed by atoms with E-state index in [0.29, 0.717) is 4.47 Å². The zero-order chi connectivity index (χ0) is 11.5. The summed E-state index contributed by atoms with van der Waals surface area (Å²) in [4.78, 5) is 4.00. The number of nitrogens with one attached hydrogen (secondary N) is 1. The van der Waals surface area contributed by atoms with Gasteiger partial charge in [-0.25, -0.2) is 13.1 Å². The Labute approximate surface area is 98.3 Å². The Hall–Kier alpha value is -0.460. The van der Waals surface area contributed by atoms with Gasteiger partial charge in [-0.3, -0.25) is 4.98 Å². The van der Waals surface area contributed by atoms with E-state index < -0.39 is 10.0 Å². The highest BCUT2D eigenvalue weighted by atomic mass is 79.9. The predicted molar refractivity (Wildman–Crippen MR) is 62.0 cm³/mol. The van der Waals surface area contributed by atoms with Crippen molar-refractivity contribution in [1.29, 1.82) is 0 Å². The molecule has 0 radical (unpaired) electrons. The van der Waals surface area contributed by atoms with Gasteiger partial charge in [-0.2, -0.15) is 0 Å². The molecule has 1 heterocycles. The highest BCUT2D eigenvalue weighted by Gasteiger charge is 2.16. The third-order valence-corrected chi connectivity index (χ3v) is 3.95. The number of pyridine rings is 1. The second-order valence-corrected chi connectivity index (χ2v) is 5.90. The van der Waals surface area contributed by atoms with Gasteiger partial charge < -0.3 is 0 Å². The Morgan fingerprint density at radius 2 is 2.20 bits per heavy atom. The van der Waals surface area contributed by atoms with Gasteiger partial charge >= 0.3 is 0 Å². The van der Waals surface area contributed by atoms with E-state index in [-0.39, 0.29) is 10.9 Å². The summed E-state index contributed by atoms with van der Waals surface area (Å²) in [5, 5.41) is 0. The second-order valence-electron chi connectivity index (χ2n) is 3.27. The van der Waals surface area contributed by atoms with Crippen molar-refractivity contribution in [2.45, 2.75) is 31.2 Å². The molecule has 1 aromatic heterocycles. The van der Waals surface area contributed by atoms with Crippen molar-refractivity contribution in [3.63, 3.8) is 0 Å². The Morgan fingerprint density at radius 1 is 1.53 bits per heavy atom. The van der Waals surface area contributed by atoms with Crippen LogP contribution in [0.25, 0.3) is 0 Å². The molecule has 15 heavy (non-hydrogen) atoms. The molecule has 1 rings (SSSR count). The van der Waals surface area contributed by atoms with Crippen molar-refractivity contribution in [3.05, 3.63) is 22.9 Å². The first kappa shape index (κ1) is 12.6. The molecular formula is C9H13BrN2O2S. The van der Waals surface area contributed by atoms with Crippen LogP contribution in [0.5, 0.6) is 0 Å². The van der Waals surface area contributed by atoms with Gasteiger partial charge in [0.1, 0.15) is 4.90 Å². The standard InChI is InChI=1S/C9H13BrN2O2S/c1-3-7(2)12-15(13,14)9-4-8(10)5-11-6-9/h4-7,12H,3H2,1-2H3/t7-/m0/s1. The quantitative estimate of drug-likeness (QED) is 0.922. The number of sulfonamides is 1. The molecule has 0 aliphatic carbocycles. The van der Waals surface area contributed by atoms with Gasteiger partial charge in [0.05, 0.1) is 0 Å². The first-order valence-electron chi connectivity index (χ1n) is 4.58. The van der Waals surface area contributed by atoms with Gasteiger partial charge in [-0.15, -0.1) is 0 Å². The largest absolute Gasteiger partial charge is 0.262 e. The van der Waals surface area contributed by atoms with E-state index in [1.165, 1.54) is 12.3 Å². The zero-order valence-electron chi connectivity index (χ0n) is 8.57. The summed E-state index contributed by atoms with van der Waals surface area (Å²) in [6.07, 6.45) is 3.62. The van der Waals surface area contributed by atoms with E-state index >= 15 is 0 Å². The maximum Gasteiger partial charge on any atom is 0.242 e. The molecule has 1 N–H and O–H groups in total. The molecule has 0 aliphatic rings. The fraction of sp³-hybridized carbons (Fsp3) is 0.444. The van der Waals surface area contributed by atoms with Crippen molar-refractivity contribution >= 4 is 26.0 Å². The molecule has 0 aliphatic heterocycles. The molecule has 0 saturated carbocycles. The van der Waals surface area contributed by atoms with Gasteiger partial charge in [-0.05, 0) is 35.3 Å². The molecule has 0 bridgehead atoms. The molecular weight excluding hydrogens is 280 g/mol.